The summed E-state index contributed by atoms with van der Waals surface area (Å²) in [4.78, 5) is 30.7. The summed E-state index contributed by atoms with van der Waals surface area (Å²) in [7, 11) is 0. The van der Waals surface area contributed by atoms with E-state index >= 15 is 0 Å². The van der Waals surface area contributed by atoms with Gasteiger partial charge in [-0.25, -0.2) is 9.97 Å². The van der Waals surface area contributed by atoms with Gasteiger partial charge in [0, 0.05) is 44.0 Å². The minimum Gasteiger partial charge on any atom is -0.367 e. The highest BCUT2D eigenvalue weighted by molar-refractivity contribution is 7.20. The molecule has 5 rings (SSSR count). The van der Waals surface area contributed by atoms with Crippen molar-refractivity contribution >= 4 is 40.0 Å². The number of benzene rings is 1. The second-order valence-corrected chi connectivity index (χ2v) is 9.09. The summed E-state index contributed by atoms with van der Waals surface area (Å²) in [6, 6.07) is 12.0. The van der Waals surface area contributed by atoms with Crippen LogP contribution in [0.3, 0.4) is 0 Å². The number of thiophene rings is 1. The molecule has 4 aromatic rings. The lowest BCUT2D eigenvalue weighted by Gasteiger charge is -2.36. The third-order valence-corrected chi connectivity index (χ3v) is 7.14. The molecule has 31 heavy (non-hydrogen) atoms. The van der Waals surface area contributed by atoms with Gasteiger partial charge in [-0.2, -0.15) is 0 Å². The lowest BCUT2D eigenvalue weighted by atomic mass is 10.2. The van der Waals surface area contributed by atoms with Crippen LogP contribution in [0.2, 0.25) is 0 Å². The highest BCUT2D eigenvalue weighted by Crippen LogP contribution is 2.30. The van der Waals surface area contributed by atoms with Crippen molar-refractivity contribution in [2.75, 3.05) is 36.4 Å². The summed E-state index contributed by atoms with van der Waals surface area (Å²) in [5.74, 6) is 0.814. The van der Waals surface area contributed by atoms with Gasteiger partial charge in [0.25, 0.3) is 5.91 Å². The lowest BCUT2D eigenvalue weighted by molar-refractivity contribution is 0.102. The molecule has 2 N–H and O–H groups in total. The van der Waals surface area contributed by atoms with Crippen LogP contribution in [0.1, 0.15) is 16.3 Å². The van der Waals surface area contributed by atoms with Crippen LogP contribution >= 0.6 is 22.7 Å². The molecule has 1 aromatic carbocycles. The van der Waals surface area contributed by atoms with Crippen molar-refractivity contribution in [3.63, 3.8) is 0 Å². The molecule has 1 amide bonds. The average molecular weight is 451 g/mol. The lowest BCUT2D eigenvalue weighted by Crippen LogP contribution is -2.46. The van der Waals surface area contributed by atoms with Crippen LogP contribution in [0.25, 0.3) is 9.88 Å². The number of H-pyrrole nitrogens is 1. The molecule has 1 fully saturated rings. The van der Waals surface area contributed by atoms with Crippen LogP contribution in [0.5, 0.6) is 0 Å². The van der Waals surface area contributed by atoms with E-state index in [1.54, 1.807) is 17.5 Å². The maximum absolute atomic E-state index is 12.9. The molecule has 9 heteroatoms. The topological polar surface area (TPSA) is 77.2 Å². The largest absolute Gasteiger partial charge is 0.367 e. The number of nitrogens with zero attached hydrogens (tertiary/aromatic N) is 4. The van der Waals surface area contributed by atoms with Crippen molar-refractivity contribution in [3.05, 3.63) is 71.1 Å². The second kappa shape index (κ2) is 9.01. The SMILES string of the molecule is O=C(Nc1ccccc1N1CCN(Cc2ncc[nH]2)CC1)c1csc(-c2cccs2)n1. The number of amides is 1. The minimum absolute atomic E-state index is 0.178. The summed E-state index contributed by atoms with van der Waals surface area (Å²) in [6.45, 7) is 4.51. The third kappa shape index (κ3) is 4.53. The fourth-order valence-corrected chi connectivity index (χ4v) is 5.29. The third-order valence-electron chi connectivity index (χ3n) is 5.26. The van der Waals surface area contributed by atoms with Crippen molar-refractivity contribution in [2.24, 2.45) is 0 Å². The van der Waals surface area contributed by atoms with Gasteiger partial charge in [0.05, 0.1) is 22.8 Å². The molecule has 158 valence electrons. The van der Waals surface area contributed by atoms with Crippen LogP contribution in [0.4, 0.5) is 11.4 Å². The monoisotopic (exact) mass is 450 g/mol. The first-order valence-corrected chi connectivity index (χ1v) is 11.9. The molecule has 0 bridgehead atoms. The van der Waals surface area contributed by atoms with Gasteiger partial charge in [0.15, 0.2) is 0 Å². The molecule has 0 unspecified atom stereocenters. The summed E-state index contributed by atoms with van der Waals surface area (Å²) in [5, 5.41) is 7.78. The first kappa shape index (κ1) is 19.9. The molecule has 0 aliphatic carbocycles. The number of imidazole rings is 1. The van der Waals surface area contributed by atoms with Gasteiger partial charge in [-0.15, -0.1) is 22.7 Å². The zero-order valence-electron chi connectivity index (χ0n) is 16.8. The normalized spacial score (nSPS) is 14.6. The second-order valence-electron chi connectivity index (χ2n) is 7.29. The van der Waals surface area contributed by atoms with E-state index in [4.69, 9.17) is 0 Å². The molecule has 0 saturated carbocycles. The Kier molecular flexibility index (Phi) is 5.79. The Morgan fingerprint density at radius 2 is 1.97 bits per heavy atom. The van der Waals surface area contributed by atoms with Crippen molar-refractivity contribution in [2.45, 2.75) is 6.54 Å². The van der Waals surface area contributed by atoms with E-state index in [0.717, 1.165) is 59.8 Å². The van der Waals surface area contributed by atoms with E-state index < -0.39 is 0 Å². The first-order valence-electron chi connectivity index (χ1n) is 10.1. The Morgan fingerprint density at radius 1 is 1.10 bits per heavy atom. The molecule has 0 spiro atoms. The highest BCUT2D eigenvalue weighted by atomic mass is 32.1. The number of rotatable bonds is 6. The Morgan fingerprint density at radius 3 is 2.74 bits per heavy atom. The number of hydrogen-bond acceptors (Lipinski definition) is 7. The molecular formula is C22H22N6OS2. The number of nitrogens with one attached hydrogen (secondary N) is 2. The number of para-hydroxylation sites is 2. The van der Waals surface area contributed by atoms with E-state index in [9.17, 15) is 4.79 Å². The fraction of sp³-hybridized carbons (Fsp3) is 0.227. The van der Waals surface area contributed by atoms with E-state index in [1.807, 2.05) is 47.3 Å². The predicted octanol–water partition coefficient (Wildman–Crippen LogP) is 4.17. The first-order chi connectivity index (χ1) is 15.3. The predicted molar refractivity (Wildman–Crippen MR) is 126 cm³/mol. The molecular weight excluding hydrogens is 428 g/mol. The Labute approximate surface area is 188 Å². The zero-order chi connectivity index (χ0) is 21.0. The fourth-order valence-electron chi connectivity index (χ4n) is 3.68. The van der Waals surface area contributed by atoms with Crippen molar-refractivity contribution in [1.29, 1.82) is 0 Å². The number of aromatic nitrogens is 3. The smallest absolute Gasteiger partial charge is 0.275 e. The Balaban J connectivity index is 1.25. The highest BCUT2D eigenvalue weighted by Gasteiger charge is 2.21. The number of thiazole rings is 1. The van der Waals surface area contributed by atoms with Crippen LogP contribution < -0.4 is 10.2 Å². The summed E-state index contributed by atoms with van der Waals surface area (Å²) in [6.07, 6.45) is 3.65. The van der Waals surface area contributed by atoms with Crippen molar-refractivity contribution in [3.8, 4) is 9.88 Å². The summed E-state index contributed by atoms with van der Waals surface area (Å²) in [5.41, 5.74) is 2.31. The Bertz CT molecular complexity index is 1130. The number of aromatic amines is 1. The molecule has 1 aliphatic rings. The quantitative estimate of drug-likeness (QED) is 0.461. The van der Waals surface area contributed by atoms with Crippen molar-refractivity contribution in [1.82, 2.24) is 19.9 Å². The van der Waals surface area contributed by atoms with Gasteiger partial charge in [-0.1, -0.05) is 18.2 Å². The van der Waals surface area contributed by atoms with Crippen LogP contribution in [-0.2, 0) is 6.54 Å². The standard InChI is InChI=1S/C22H22N6OS2/c29-21(17-15-31-22(26-17)19-6-3-13-30-19)25-16-4-1-2-5-18(16)28-11-9-27(10-12-28)14-20-23-7-8-24-20/h1-8,13,15H,9-12,14H2,(H,23,24)(H,25,29). The van der Waals surface area contributed by atoms with E-state index in [-0.39, 0.29) is 5.91 Å². The van der Waals surface area contributed by atoms with Crippen LogP contribution in [-0.4, -0.2) is 51.9 Å². The van der Waals surface area contributed by atoms with Gasteiger partial charge in [-0.3, -0.25) is 9.69 Å². The number of anilines is 2. The molecule has 7 nitrogen and oxygen atoms in total. The zero-order valence-corrected chi connectivity index (χ0v) is 18.5. The van der Waals surface area contributed by atoms with Crippen LogP contribution in [0, 0.1) is 0 Å². The molecule has 0 radical (unpaired) electrons. The number of carbonyl (C=O) groups excluding carboxylic acids is 1. The van der Waals surface area contributed by atoms with Gasteiger partial charge < -0.3 is 15.2 Å². The molecule has 4 heterocycles. The Hall–Kier alpha value is -3.01. The van der Waals surface area contributed by atoms with Gasteiger partial charge in [0.2, 0.25) is 0 Å². The average Bonchev–Trinajstić information content (AvgIpc) is 3.56. The molecule has 3 aromatic heterocycles. The number of piperazine rings is 1. The van der Waals surface area contributed by atoms with Gasteiger partial charge in [0.1, 0.15) is 16.5 Å². The van der Waals surface area contributed by atoms with Crippen LogP contribution in [0.15, 0.2) is 59.6 Å². The minimum atomic E-state index is -0.178. The molecule has 1 aliphatic heterocycles. The van der Waals surface area contributed by atoms with Gasteiger partial charge >= 0.3 is 0 Å². The maximum atomic E-state index is 12.9. The van der Waals surface area contributed by atoms with E-state index in [2.05, 4.69) is 36.1 Å². The van der Waals surface area contributed by atoms with Crippen molar-refractivity contribution < 1.29 is 4.79 Å². The van der Waals surface area contributed by atoms with E-state index in [1.165, 1.54) is 11.3 Å². The number of hydrogen-bond donors (Lipinski definition) is 2. The van der Waals surface area contributed by atoms with Gasteiger partial charge in [-0.05, 0) is 23.6 Å². The molecule has 1 saturated heterocycles. The maximum Gasteiger partial charge on any atom is 0.275 e. The van der Waals surface area contributed by atoms with E-state index in [0.29, 0.717) is 5.69 Å². The molecule has 0 atom stereocenters. The summed E-state index contributed by atoms with van der Waals surface area (Å²) >= 11 is 3.12. The number of carbonyl (C=O) groups is 1. The summed E-state index contributed by atoms with van der Waals surface area (Å²) < 4.78 is 0.